The molecule has 4 saturated heterocycles. The van der Waals surface area contributed by atoms with Gasteiger partial charge in [-0.15, -0.1) is 0 Å². The summed E-state index contributed by atoms with van der Waals surface area (Å²) < 4.78 is 28.8. The van der Waals surface area contributed by atoms with E-state index in [-0.39, 0.29) is 52.7 Å². The van der Waals surface area contributed by atoms with E-state index in [9.17, 15) is 0 Å². The second kappa shape index (κ2) is 18.5. The molecule has 8 nitrogen and oxygen atoms in total. The van der Waals surface area contributed by atoms with Crippen molar-refractivity contribution in [2.24, 2.45) is 23.7 Å². The van der Waals surface area contributed by atoms with Gasteiger partial charge in [0.2, 0.25) is 0 Å². The van der Waals surface area contributed by atoms with E-state index in [1.54, 1.807) is 0 Å². The van der Waals surface area contributed by atoms with E-state index in [4.69, 9.17) is 18.9 Å². The Balaban J connectivity index is 1.61. The van der Waals surface area contributed by atoms with Crippen molar-refractivity contribution in [1.29, 1.82) is 0 Å². The summed E-state index contributed by atoms with van der Waals surface area (Å²) in [5, 5.41) is 15.7. The van der Waals surface area contributed by atoms with Gasteiger partial charge in [0, 0.05) is 52.9 Å². The summed E-state index contributed by atoms with van der Waals surface area (Å²) in [5.74, 6) is 2.18. The third kappa shape index (κ3) is 14.2. The Kier molecular flexibility index (Phi) is 15.9. The summed E-state index contributed by atoms with van der Waals surface area (Å²) in [4.78, 5) is 0. The molecule has 4 aliphatic rings. The zero-order chi connectivity index (χ0) is 39.5. The normalized spacial score (nSPS) is 35.5. The zero-order valence-corrected chi connectivity index (χ0v) is 37.5. The second-order valence-corrected chi connectivity index (χ2v) is 22.1. The van der Waals surface area contributed by atoms with E-state index >= 15 is 0 Å². The highest BCUT2D eigenvalue weighted by atomic mass is 16.7. The quantitative estimate of drug-likeness (QED) is 0.0922. The Bertz CT molecular complexity index is 1070. The third-order valence-electron chi connectivity index (χ3n) is 12.9. The average Bonchev–Trinajstić information content (AvgIpc) is 2.99. The molecule has 4 fully saturated rings. The number of nitrogens with one attached hydrogen (secondary N) is 4. The number of hydrogen-bond donors (Lipinski definition) is 4. The molecule has 4 N–H and O–H groups in total. The lowest BCUT2D eigenvalue weighted by atomic mass is 9.82. The highest BCUT2D eigenvalue weighted by Crippen LogP contribution is 2.36. The van der Waals surface area contributed by atoms with Crippen LogP contribution in [0.3, 0.4) is 0 Å². The van der Waals surface area contributed by atoms with Gasteiger partial charge < -0.3 is 40.2 Å². The zero-order valence-electron chi connectivity index (χ0n) is 37.5. The fourth-order valence-corrected chi connectivity index (χ4v) is 10.1. The Labute approximate surface area is 327 Å². The van der Waals surface area contributed by atoms with Crippen LogP contribution in [0.25, 0.3) is 0 Å². The summed E-state index contributed by atoms with van der Waals surface area (Å²) in [5.41, 5.74) is 0.0703. The van der Waals surface area contributed by atoms with Crippen LogP contribution in [0.5, 0.6) is 0 Å². The van der Waals surface area contributed by atoms with Crippen molar-refractivity contribution in [3.05, 3.63) is 0 Å². The molecule has 0 amide bonds. The first-order valence-corrected chi connectivity index (χ1v) is 22.1. The van der Waals surface area contributed by atoms with Gasteiger partial charge in [0.15, 0.2) is 6.29 Å². The maximum absolute atomic E-state index is 7.39. The van der Waals surface area contributed by atoms with Gasteiger partial charge in [-0.1, -0.05) is 55.4 Å². The molecule has 0 aromatic rings. The minimum absolute atomic E-state index is 0.00456. The Hall–Kier alpha value is -0.320. The highest BCUT2D eigenvalue weighted by Gasteiger charge is 2.43. The van der Waals surface area contributed by atoms with E-state index in [0.29, 0.717) is 47.8 Å². The van der Waals surface area contributed by atoms with Gasteiger partial charge in [0.25, 0.3) is 0 Å². The van der Waals surface area contributed by atoms with Crippen LogP contribution in [0, 0.1) is 23.7 Å². The van der Waals surface area contributed by atoms with Crippen molar-refractivity contribution in [3.8, 4) is 0 Å². The molecule has 8 heteroatoms. The Morgan fingerprint density at radius 3 is 1.09 bits per heavy atom. The number of rotatable bonds is 16. The first-order chi connectivity index (χ1) is 24.4. The summed E-state index contributed by atoms with van der Waals surface area (Å²) in [6.07, 6.45) is 9.74. The monoisotopic (exact) mass is 749 g/mol. The molecule has 0 saturated carbocycles. The van der Waals surface area contributed by atoms with Gasteiger partial charge in [-0.3, -0.25) is 0 Å². The lowest BCUT2D eigenvalue weighted by Crippen LogP contribution is -2.59. The van der Waals surface area contributed by atoms with Crippen molar-refractivity contribution in [2.75, 3.05) is 6.61 Å². The van der Waals surface area contributed by atoms with Crippen LogP contribution < -0.4 is 21.3 Å². The molecule has 9 unspecified atom stereocenters. The summed E-state index contributed by atoms with van der Waals surface area (Å²) in [7, 11) is 0. The van der Waals surface area contributed by atoms with Gasteiger partial charge in [-0.25, -0.2) is 0 Å². The van der Waals surface area contributed by atoms with Crippen LogP contribution >= 0.6 is 0 Å². The van der Waals surface area contributed by atoms with Gasteiger partial charge in [0.05, 0.1) is 24.4 Å². The number of ether oxygens (including phenoxy) is 4. The van der Waals surface area contributed by atoms with Crippen molar-refractivity contribution >= 4 is 0 Å². The van der Waals surface area contributed by atoms with Crippen LogP contribution in [0.2, 0.25) is 0 Å². The molecule has 9 atom stereocenters. The standard InChI is InChI=1S/C45H88N4O4/c1-28(2)36-20-32(24-42(9,10)46-36)50-19-17-18-40(51-33-21-37(29(3)4)47-43(11,12)25-33)41(52-34-22-38(30(5)6)48-44(13,14)26-34)53-35-23-39(31(7)8)49-45(15,16)27-35/h28-41,46-49H,17-27H2,1-16H3. The second-order valence-electron chi connectivity index (χ2n) is 22.1. The van der Waals surface area contributed by atoms with Gasteiger partial charge in [0.1, 0.15) is 6.10 Å². The molecule has 0 aromatic carbocycles. The lowest BCUT2D eigenvalue weighted by molar-refractivity contribution is -0.269. The number of piperidine rings is 4. The molecule has 53 heavy (non-hydrogen) atoms. The molecule has 0 bridgehead atoms. The third-order valence-corrected chi connectivity index (χ3v) is 12.9. The molecule has 0 aliphatic carbocycles. The maximum atomic E-state index is 7.39. The van der Waals surface area contributed by atoms with Gasteiger partial charge in [-0.05, 0) is 143 Å². The molecule has 0 spiro atoms. The van der Waals surface area contributed by atoms with Crippen LogP contribution in [0.1, 0.15) is 175 Å². The van der Waals surface area contributed by atoms with Gasteiger partial charge in [-0.2, -0.15) is 0 Å². The topological polar surface area (TPSA) is 85.0 Å². The predicted molar refractivity (Wildman–Crippen MR) is 221 cm³/mol. The maximum Gasteiger partial charge on any atom is 0.184 e. The fourth-order valence-electron chi connectivity index (χ4n) is 10.1. The van der Waals surface area contributed by atoms with Crippen LogP contribution in [0.15, 0.2) is 0 Å². The van der Waals surface area contributed by atoms with Crippen LogP contribution in [0.4, 0.5) is 0 Å². The van der Waals surface area contributed by atoms with E-state index in [1.165, 1.54) is 0 Å². The molecule has 312 valence electrons. The smallest absolute Gasteiger partial charge is 0.184 e. The van der Waals surface area contributed by atoms with E-state index < -0.39 is 6.29 Å². The summed E-state index contributed by atoms with van der Waals surface area (Å²) in [6, 6.07) is 1.71. The Morgan fingerprint density at radius 1 is 0.453 bits per heavy atom. The fraction of sp³-hybridized carbons (Fsp3) is 1.00. The van der Waals surface area contributed by atoms with Crippen LogP contribution in [-0.2, 0) is 18.9 Å². The highest BCUT2D eigenvalue weighted by molar-refractivity contribution is 4.98. The largest absolute Gasteiger partial charge is 0.378 e. The van der Waals surface area contributed by atoms with E-state index in [2.05, 4.69) is 132 Å². The van der Waals surface area contributed by atoms with Crippen molar-refractivity contribution in [2.45, 2.75) is 258 Å². The average molecular weight is 749 g/mol. The van der Waals surface area contributed by atoms with Gasteiger partial charge >= 0.3 is 0 Å². The lowest BCUT2D eigenvalue weighted by Gasteiger charge is -2.48. The molecular weight excluding hydrogens is 661 g/mol. The number of hydrogen-bond acceptors (Lipinski definition) is 8. The molecule has 0 aromatic heterocycles. The van der Waals surface area contributed by atoms with Crippen LogP contribution in [-0.4, -0.2) is 89.7 Å². The first-order valence-electron chi connectivity index (χ1n) is 22.1. The SMILES string of the molecule is CC(C)C1CC(OCCCC(OC2CC(C(C)C)NC(C)(C)C2)C(OC2CC(C(C)C)NC(C)(C)C2)OC2CC(C(C)C)NC(C)(C)C2)CC(C)(C)N1. The van der Waals surface area contributed by atoms with E-state index in [1.807, 2.05) is 0 Å². The summed E-state index contributed by atoms with van der Waals surface area (Å²) >= 11 is 0. The molecule has 0 radical (unpaired) electrons. The minimum Gasteiger partial charge on any atom is -0.378 e. The molecule has 4 aliphatic heterocycles. The van der Waals surface area contributed by atoms with Crippen molar-refractivity contribution in [3.63, 3.8) is 0 Å². The first kappa shape index (κ1) is 45.4. The predicted octanol–water partition coefficient (Wildman–Crippen LogP) is 8.75. The minimum atomic E-state index is -0.438. The van der Waals surface area contributed by atoms with E-state index in [0.717, 1.165) is 70.8 Å². The molecular formula is C45H88N4O4. The summed E-state index contributed by atoms with van der Waals surface area (Å²) in [6.45, 7) is 38.0. The van der Waals surface area contributed by atoms with Crippen molar-refractivity contribution < 1.29 is 18.9 Å². The molecule has 4 heterocycles. The Morgan fingerprint density at radius 2 is 0.755 bits per heavy atom. The molecule has 4 rings (SSSR count). The van der Waals surface area contributed by atoms with Crippen molar-refractivity contribution in [1.82, 2.24) is 21.3 Å².